The van der Waals surface area contributed by atoms with Crippen LogP contribution in [0.15, 0.2) is 88.1 Å². The van der Waals surface area contributed by atoms with E-state index in [0.717, 1.165) is 11.1 Å². The number of rotatable bonds is 5. The molecule has 0 unspecified atom stereocenters. The number of methoxy groups -OCH3 is 1. The van der Waals surface area contributed by atoms with Crippen LogP contribution in [0.5, 0.6) is 11.5 Å². The molecule has 4 heteroatoms. The molecule has 1 heterocycles. The minimum atomic E-state index is -0.122. The van der Waals surface area contributed by atoms with Crippen LogP contribution in [-0.4, -0.2) is 7.11 Å². The van der Waals surface area contributed by atoms with Crippen LogP contribution in [0.4, 0.5) is 0 Å². The summed E-state index contributed by atoms with van der Waals surface area (Å²) in [5.74, 6) is 1.44. The maximum absolute atomic E-state index is 12.6. The molecule has 0 radical (unpaired) electrons. The van der Waals surface area contributed by atoms with Crippen molar-refractivity contribution in [2.24, 2.45) is 0 Å². The van der Waals surface area contributed by atoms with Crippen LogP contribution in [0.2, 0.25) is 0 Å². The summed E-state index contributed by atoms with van der Waals surface area (Å²) in [5, 5.41) is 0.457. The van der Waals surface area contributed by atoms with Crippen molar-refractivity contribution < 1.29 is 13.9 Å². The lowest BCUT2D eigenvalue weighted by Gasteiger charge is -2.13. The first-order chi connectivity index (χ1) is 13.3. The molecular formula is C23H18O4. The average Bonchev–Trinajstić information content (AvgIpc) is 2.73. The van der Waals surface area contributed by atoms with E-state index in [1.807, 2.05) is 60.7 Å². The Bertz CT molecular complexity index is 1120. The van der Waals surface area contributed by atoms with Crippen molar-refractivity contribution in [1.82, 2.24) is 0 Å². The molecule has 0 spiro atoms. The van der Waals surface area contributed by atoms with Crippen molar-refractivity contribution in [3.8, 4) is 22.8 Å². The molecule has 27 heavy (non-hydrogen) atoms. The third-order valence-corrected chi connectivity index (χ3v) is 4.32. The van der Waals surface area contributed by atoms with Crippen molar-refractivity contribution in [1.29, 1.82) is 0 Å². The van der Waals surface area contributed by atoms with Crippen LogP contribution in [0.3, 0.4) is 0 Å². The maximum Gasteiger partial charge on any atom is 0.204 e. The summed E-state index contributed by atoms with van der Waals surface area (Å²) in [6.07, 6.45) is 0. The molecule has 0 atom stereocenters. The van der Waals surface area contributed by atoms with Crippen molar-refractivity contribution in [2.75, 3.05) is 7.11 Å². The van der Waals surface area contributed by atoms with E-state index in [0.29, 0.717) is 34.8 Å². The molecule has 0 saturated heterocycles. The number of benzene rings is 3. The average molecular weight is 358 g/mol. The Kier molecular flexibility index (Phi) is 4.62. The summed E-state index contributed by atoms with van der Waals surface area (Å²) in [6.45, 7) is 0.394. The van der Waals surface area contributed by atoms with Crippen LogP contribution in [0, 0.1) is 0 Å². The second kappa shape index (κ2) is 7.38. The first-order valence-electron chi connectivity index (χ1n) is 8.63. The summed E-state index contributed by atoms with van der Waals surface area (Å²) < 4.78 is 17.5. The quantitative estimate of drug-likeness (QED) is 0.501. The molecule has 0 fully saturated rings. The summed E-state index contributed by atoms with van der Waals surface area (Å²) in [7, 11) is 1.54. The van der Waals surface area contributed by atoms with Gasteiger partial charge in [0.15, 0.2) is 16.8 Å². The van der Waals surface area contributed by atoms with Gasteiger partial charge in [-0.2, -0.15) is 0 Å². The number of ether oxygens (including phenoxy) is 2. The fourth-order valence-electron chi connectivity index (χ4n) is 2.96. The molecule has 4 aromatic rings. The highest BCUT2D eigenvalue weighted by Gasteiger charge is 2.16. The van der Waals surface area contributed by atoms with Gasteiger partial charge in [-0.05, 0) is 17.7 Å². The third kappa shape index (κ3) is 3.42. The summed E-state index contributed by atoms with van der Waals surface area (Å²) in [6, 6.07) is 24.3. The molecule has 0 N–H and O–H groups in total. The van der Waals surface area contributed by atoms with Gasteiger partial charge in [0.25, 0.3) is 0 Å². The zero-order chi connectivity index (χ0) is 18.6. The van der Waals surface area contributed by atoms with E-state index in [1.54, 1.807) is 19.2 Å². The van der Waals surface area contributed by atoms with Crippen LogP contribution in [-0.2, 0) is 6.61 Å². The van der Waals surface area contributed by atoms with E-state index in [4.69, 9.17) is 13.9 Å². The van der Waals surface area contributed by atoms with Crippen LogP contribution < -0.4 is 14.9 Å². The molecule has 0 saturated carbocycles. The first kappa shape index (κ1) is 16.9. The van der Waals surface area contributed by atoms with E-state index in [1.165, 1.54) is 6.07 Å². The van der Waals surface area contributed by atoms with Crippen LogP contribution >= 0.6 is 0 Å². The molecule has 134 valence electrons. The highest BCUT2D eigenvalue weighted by atomic mass is 16.5. The standard InChI is InChI=1S/C23H18O4/c1-25-23-20(26-15-16-8-4-2-5-9-16)13-12-18-19(24)14-21(27-22(18)23)17-10-6-3-7-11-17/h2-14H,15H2,1H3. The molecule has 0 amide bonds. The molecule has 0 aliphatic rings. The van der Waals surface area contributed by atoms with Crippen LogP contribution in [0.25, 0.3) is 22.3 Å². The van der Waals surface area contributed by atoms with Gasteiger partial charge in [0.1, 0.15) is 12.4 Å². The van der Waals surface area contributed by atoms with Gasteiger partial charge in [-0.25, -0.2) is 0 Å². The monoisotopic (exact) mass is 358 g/mol. The first-order valence-corrected chi connectivity index (χ1v) is 8.63. The number of fused-ring (bicyclic) bond motifs is 1. The summed E-state index contributed by atoms with van der Waals surface area (Å²) >= 11 is 0. The SMILES string of the molecule is COc1c(OCc2ccccc2)ccc2c(=O)cc(-c3ccccc3)oc12. The van der Waals surface area contributed by atoms with E-state index < -0.39 is 0 Å². The third-order valence-electron chi connectivity index (χ3n) is 4.32. The fourth-order valence-corrected chi connectivity index (χ4v) is 2.96. The lowest BCUT2D eigenvalue weighted by atomic mass is 10.1. The van der Waals surface area contributed by atoms with Crippen LogP contribution in [0.1, 0.15) is 5.56 Å². The zero-order valence-corrected chi connectivity index (χ0v) is 14.8. The molecule has 0 aliphatic carbocycles. The molecule has 1 aromatic heterocycles. The smallest absolute Gasteiger partial charge is 0.204 e. The predicted molar refractivity (Wildman–Crippen MR) is 105 cm³/mol. The lowest BCUT2D eigenvalue weighted by molar-refractivity contribution is 0.284. The van der Waals surface area contributed by atoms with Gasteiger partial charge in [-0.3, -0.25) is 4.79 Å². The Balaban J connectivity index is 1.79. The summed E-state index contributed by atoms with van der Waals surface area (Å²) in [5.41, 5.74) is 2.13. The highest BCUT2D eigenvalue weighted by Crippen LogP contribution is 2.36. The Morgan fingerprint density at radius 2 is 1.59 bits per heavy atom. The Morgan fingerprint density at radius 3 is 2.30 bits per heavy atom. The van der Waals surface area contributed by atoms with Crippen molar-refractivity contribution in [2.45, 2.75) is 6.61 Å². The van der Waals surface area contributed by atoms with Gasteiger partial charge in [-0.15, -0.1) is 0 Å². The molecule has 3 aromatic carbocycles. The molecule has 4 rings (SSSR count). The molecule has 4 nitrogen and oxygen atoms in total. The highest BCUT2D eigenvalue weighted by molar-refractivity contribution is 5.86. The second-order valence-electron chi connectivity index (χ2n) is 6.09. The van der Waals surface area contributed by atoms with Crippen molar-refractivity contribution in [3.63, 3.8) is 0 Å². The van der Waals surface area contributed by atoms with E-state index >= 15 is 0 Å². The normalized spacial score (nSPS) is 10.7. The van der Waals surface area contributed by atoms with Crippen molar-refractivity contribution in [3.05, 3.63) is 94.6 Å². The van der Waals surface area contributed by atoms with Gasteiger partial charge >= 0.3 is 0 Å². The van der Waals surface area contributed by atoms with E-state index in [2.05, 4.69) is 0 Å². The topological polar surface area (TPSA) is 48.7 Å². The number of hydrogen-bond donors (Lipinski definition) is 0. The van der Waals surface area contributed by atoms with Crippen molar-refractivity contribution >= 4 is 11.0 Å². The Morgan fingerprint density at radius 1 is 0.889 bits per heavy atom. The van der Waals surface area contributed by atoms with Gasteiger partial charge in [0, 0.05) is 11.6 Å². The summed E-state index contributed by atoms with van der Waals surface area (Å²) in [4.78, 5) is 12.6. The van der Waals surface area contributed by atoms with Gasteiger partial charge in [0.05, 0.1) is 12.5 Å². The fraction of sp³-hybridized carbons (Fsp3) is 0.0870. The predicted octanol–water partition coefficient (Wildman–Crippen LogP) is 5.05. The molecule has 0 bridgehead atoms. The van der Waals surface area contributed by atoms with Gasteiger partial charge in [-0.1, -0.05) is 60.7 Å². The van der Waals surface area contributed by atoms with E-state index in [-0.39, 0.29) is 5.43 Å². The minimum Gasteiger partial charge on any atom is -0.490 e. The Hall–Kier alpha value is -3.53. The second-order valence-corrected chi connectivity index (χ2v) is 6.09. The molecular weight excluding hydrogens is 340 g/mol. The van der Waals surface area contributed by atoms with E-state index in [9.17, 15) is 4.79 Å². The molecule has 0 aliphatic heterocycles. The maximum atomic E-state index is 12.6. The van der Waals surface area contributed by atoms with Gasteiger partial charge < -0.3 is 13.9 Å². The Labute approximate surface area is 156 Å². The zero-order valence-electron chi connectivity index (χ0n) is 14.8. The number of hydrogen-bond acceptors (Lipinski definition) is 4. The van der Waals surface area contributed by atoms with Gasteiger partial charge in [0.2, 0.25) is 5.75 Å². The lowest BCUT2D eigenvalue weighted by Crippen LogP contribution is -2.03. The largest absolute Gasteiger partial charge is 0.490 e. The minimum absolute atomic E-state index is 0.122.